The van der Waals surface area contributed by atoms with Crippen molar-refractivity contribution in [3.8, 4) is 62.7 Å². The molecule has 5 N–H and O–H groups in total. The minimum Gasteiger partial charge on any atom is -0.465 e. The molecule has 9 rings (SSSR count). The summed E-state index contributed by atoms with van der Waals surface area (Å²) in [6.07, 6.45) is 4.20. The number of imidazole rings is 3. The van der Waals surface area contributed by atoms with Crippen LogP contribution in [0.5, 0.6) is 5.75 Å². The van der Waals surface area contributed by atoms with Gasteiger partial charge in [0, 0.05) is 29.1 Å². The van der Waals surface area contributed by atoms with E-state index in [4.69, 9.17) is 19.4 Å². The van der Waals surface area contributed by atoms with Crippen molar-refractivity contribution in [3.05, 3.63) is 121 Å². The third kappa shape index (κ3) is 7.46. The van der Waals surface area contributed by atoms with E-state index in [2.05, 4.69) is 30.2 Å². The van der Waals surface area contributed by atoms with Crippen LogP contribution < -0.4 is 15.4 Å². The number of amides is 2. The van der Waals surface area contributed by atoms with Crippen LogP contribution in [0.3, 0.4) is 0 Å². The normalized spacial score (nSPS) is 14.1. The summed E-state index contributed by atoms with van der Waals surface area (Å²) >= 11 is 0. The number of rotatable bonds is 11. The molecule has 0 saturated heterocycles. The van der Waals surface area contributed by atoms with E-state index in [0.29, 0.717) is 45.8 Å². The van der Waals surface area contributed by atoms with Crippen LogP contribution in [0.2, 0.25) is 0 Å². The Kier molecular flexibility index (Phi) is 10.7. The van der Waals surface area contributed by atoms with E-state index >= 15 is 0 Å². The van der Waals surface area contributed by atoms with Crippen LogP contribution in [-0.4, -0.2) is 86.9 Å². The second-order valence-corrected chi connectivity index (χ2v) is 16.1. The summed E-state index contributed by atoms with van der Waals surface area (Å²) in [5.74, 6) is 1.000. The molecule has 324 valence electrons. The molecule has 0 unspecified atom stereocenters. The molecule has 0 bridgehead atoms. The molecule has 3 atom stereocenters. The fraction of sp³-hybridized carbons (Fsp3) is 0.213. The number of carbonyl (C=O) groups excluding carboxylic acids is 3. The number of benzene rings is 3. The molecule has 6 heterocycles. The van der Waals surface area contributed by atoms with Gasteiger partial charge in [0.15, 0.2) is 11.6 Å². The first-order chi connectivity index (χ1) is 30.9. The predicted molar refractivity (Wildman–Crippen MR) is 238 cm³/mol. The van der Waals surface area contributed by atoms with Crippen molar-refractivity contribution in [2.75, 3.05) is 7.11 Å². The van der Waals surface area contributed by atoms with E-state index in [1.165, 1.54) is 16.2 Å². The summed E-state index contributed by atoms with van der Waals surface area (Å²) in [5, 5.41) is 14.4. The average Bonchev–Trinajstić information content (AvgIpc) is 4.15. The number of ether oxygens (including phenoxy) is 2. The van der Waals surface area contributed by atoms with Crippen LogP contribution in [0.4, 0.5) is 9.59 Å². The number of hydrogen-bond donors (Lipinski definition) is 5. The Morgan fingerprint density at radius 3 is 2.08 bits per heavy atom. The number of H-pyrrole nitrogens is 2. The molecule has 0 radical (unpaired) electrons. The predicted octanol–water partition coefficient (Wildman–Crippen LogP) is 8.31. The molecule has 1 aliphatic rings. The van der Waals surface area contributed by atoms with Crippen LogP contribution >= 0.6 is 0 Å². The maximum absolute atomic E-state index is 13.7. The zero-order valence-electron chi connectivity index (χ0n) is 35.4. The molecule has 0 saturated carbocycles. The summed E-state index contributed by atoms with van der Waals surface area (Å²) in [5.41, 5.74) is 7.26. The molecule has 5 aromatic heterocycles. The van der Waals surface area contributed by atoms with Crippen molar-refractivity contribution in [1.29, 1.82) is 0 Å². The van der Waals surface area contributed by atoms with Gasteiger partial charge in [-0.1, -0.05) is 70.2 Å². The number of aromatic nitrogens is 8. The Balaban J connectivity index is 1.04. The van der Waals surface area contributed by atoms with E-state index in [1.54, 1.807) is 56.7 Å². The standard InChI is InChI=1S/C47H44N10O7/c1-25(2)38(53-46(60)61)43(58)55-19-9-13-34(55)40-48-23-33(52-40)28-15-17-30-37(22-28)64-45(27-11-7-6-8-12-27)57-36(24-49-42(30)57)29-16-18-31-32(21-29)51-41(50-31)35-14-10-20-56(35)44(59)39(26(3)4)54-47(62)63-5/h6-26,38-39,45,53H,1-5H3,(H,48,52)(H,50,51)(H,54,62)(H,60,61)/t38-,39-,45-/m0/s1. The smallest absolute Gasteiger partial charge is 0.407 e. The Bertz CT molecular complexity index is 3060. The fourth-order valence-electron chi connectivity index (χ4n) is 8.06. The first kappa shape index (κ1) is 41.2. The first-order valence-corrected chi connectivity index (χ1v) is 20.7. The molecular weight excluding hydrogens is 817 g/mol. The molecule has 0 spiro atoms. The van der Waals surface area contributed by atoms with Gasteiger partial charge in [0.2, 0.25) is 6.23 Å². The number of carboxylic acid groups (broad SMARTS) is 1. The summed E-state index contributed by atoms with van der Waals surface area (Å²) < 4.78 is 16.6. The SMILES string of the molecule is COC(=O)N[C@H](C(=O)n1cccc1-c1nc2ccc(-c3cnc4n3[C@H](c3ccccc3)Oc3cc(-c5cnc(-c6cccn6C(=O)[C@@H](NC(=O)O)C(C)C)[nH]5)ccc3-4)cc2[nH]1)C(C)C. The summed E-state index contributed by atoms with van der Waals surface area (Å²) in [4.78, 5) is 71.9. The molecule has 0 aliphatic carbocycles. The lowest BCUT2D eigenvalue weighted by Crippen LogP contribution is -2.46. The molecule has 1 aliphatic heterocycles. The second-order valence-electron chi connectivity index (χ2n) is 16.1. The Morgan fingerprint density at radius 2 is 1.41 bits per heavy atom. The van der Waals surface area contributed by atoms with Crippen molar-refractivity contribution in [2.45, 2.75) is 46.0 Å². The summed E-state index contributed by atoms with van der Waals surface area (Å²) in [6.45, 7) is 7.26. The number of carbonyl (C=O) groups is 4. The molecule has 3 aromatic carbocycles. The minimum atomic E-state index is -1.28. The van der Waals surface area contributed by atoms with E-state index in [9.17, 15) is 24.3 Å². The molecule has 0 fully saturated rings. The number of methoxy groups -OCH3 is 1. The van der Waals surface area contributed by atoms with Gasteiger partial charge in [0.05, 0.1) is 58.9 Å². The second kappa shape index (κ2) is 16.6. The maximum atomic E-state index is 13.7. The van der Waals surface area contributed by atoms with Gasteiger partial charge in [-0.3, -0.25) is 23.3 Å². The van der Waals surface area contributed by atoms with Gasteiger partial charge in [-0.05, 0) is 60.4 Å². The third-order valence-corrected chi connectivity index (χ3v) is 11.3. The number of nitrogens with one attached hydrogen (secondary N) is 4. The number of alkyl carbamates (subject to hydrolysis) is 1. The minimum absolute atomic E-state index is 0.205. The molecular formula is C47H44N10O7. The van der Waals surface area contributed by atoms with Gasteiger partial charge in [-0.15, -0.1) is 0 Å². The van der Waals surface area contributed by atoms with Gasteiger partial charge in [0.1, 0.15) is 23.7 Å². The number of nitrogens with zero attached hydrogens (tertiary/aromatic N) is 6. The van der Waals surface area contributed by atoms with Gasteiger partial charge < -0.3 is 35.2 Å². The van der Waals surface area contributed by atoms with E-state index in [0.717, 1.165) is 33.5 Å². The van der Waals surface area contributed by atoms with Crippen LogP contribution in [0, 0.1) is 11.8 Å². The average molecular weight is 861 g/mol. The van der Waals surface area contributed by atoms with Crippen molar-refractivity contribution in [2.24, 2.45) is 11.8 Å². The molecule has 17 heteroatoms. The van der Waals surface area contributed by atoms with Gasteiger partial charge >= 0.3 is 12.2 Å². The monoisotopic (exact) mass is 860 g/mol. The number of fused-ring (bicyclic) bond motifs is 4. The van der Waals surface area contributed by atoms with Gasteiger partial charge in [0.25, 0.3) is 11.8 Å². The maximum Gasteiger partial charge on any atom is 0.407 e. The lowest BCUT2D eigenvalue weighted by molar-refractivity contribution is 0.0818. The lowest BCUT2D eigenvalue weighted by Gasteiger charge is -2.30. The number of aromatic amines is 2. The Hall–Kier alpha value is -8.21. The van der Waals surface area contributed by atoms with Crippen LogP contribution in [-0.2, 0) is 4.74 Å². The molecule has 2 amide bonds. The van der Waals surface area contributed by atoms with Crippen LogP contribution in [0.15, 0.2) is 116 Å². The Morgan fingerprint density at radius 1 is 0.734 bits per heavy atom. The summed E-state index contributed by atoms with van der Waals surface area (Å²) in [6, 6.07) is 26.8. The highest BCUT2D eigenvalue weighted by atomic mass is 16.5. The molecule has 17 nitrogen and oxygen atoms in total. The van der Waals surface area contributed by atoms with Crippen LogP contribution in [0.1, 0.15) is 49.1 Å². The Labute approximate surface area is 366 Å². The quantitative estimate of drug-likeness (QED) is 0.0838. The topological polar surface area (TPSA) is 216 Å². The third-order valence-electron chi connectivity index (χ3n) is 11.3. The van der Waals surface area contributed by atoms with Gasteiger partial charge in [-0.2, -0.15) is 0 Å². The zero-order chi connectivity index (χ0) is 44.8. The van der Waals surface area contributed by atoms with Crippen molar-refractivity contribution >= 4 is 35.0 Å². The molecule has 8 aromatic rings. The van der Waals surface area contributed by atoms with Crippen molar-refractivity contribution in [1.82, 2.24) is 49.3 Å². The van der Waals surface area contributed by atoms with Crippen molar-refractivity contribution < 1.29 is 33.8 Å². The highest BCUT2D eigenvalue weighted by Crippen LogP contribution is 2.45. The van der Waals surface area contributed by atoms with E-state index < -0.39 is 36.4 Å². The highest BCUT2D eigenvalue weighted by molar-refractivity contribution is 5.92. The zero-order valence-corrected chi connectivity index (χ0v) is 35.4. The van der Waals surface area contributed by atoms with Crippen LogP contribution in [0.25, 0.3) is 68.0 Å². The largest absolute Gasteiger partial charge is 0.465 e. The highest BCUT2D eigenvalue weighted by Gasteiger charge is 2.33. The summed E-state index contributed by atoms with van der Waals surface area (Å²) in [7, 11) is 1.26. The molecule has 64 heavy (non-hydrogen) atoms. The van der Waals surface area contributed by atoms with E-state index in [1.807, 2.05) is 86.8 Å². The van der Waals surface area contributed by atoms with E-state index in [-0.39, 0.29) is 17.7 Å². The first-order valence-electron chi connectivity index (χ1n) is 20.7. The number of hydrogen-bond acceptors (Lipinski definition) is 9. The fourth-order valence-corrected chi connectivity index (χ4v) is 8.06. The lowest BCUT2D eigenvalue weighted by atomic mass is 10.0. The van der Waals surface area contributed by atoms with Crippen molar-refractivity contribution in [3.63, 3.8) is 0 Å². The van der Waals surface area contributed by atoms with Gasteiger partial charge in [-0.25, -0.2) is 24.5 Å².